The molecule has 0 saturated heterocycles. The van der Waals surface area contributed by atoms with Gasteiger partial charge >= 0.3 is 5.97 Å². The van der Waals surface area contributed by atoms with Crippen molar-refractivity contribution in [3.8, 4) is 17.1 Å². The molecule has 0 aliphatic carbocycles. The molecular formula is C13H12ClNO4. The van der Waals surface area contributed by atoms with Crippen molar-refractivity contribution in [3.63, 3.8) is 0 Å². The van der Waals surface area contributed by atoms with E-state index in [1.54, 1.807) is 19.2 Å². The molecule has 100 valence electrons. The van der Waals surface area contributed by atoms with Gasteiger partial charge in [0.15, 0.2) is 11.5 Å². The minimum Gasteiger partial charge on any atom is -0.496 e. The summed E-state index contributed by atoms with van der Waals surface area (Å²) in [5, 5.41) is 12.8. The van der Waals surface area contributed by atoms with Crippen molar-refractivity contribution in [2.75, 3.05) is 7.11 Å². The maximum Gasteiger partial charge on any atom is 0.358 e. The van der Waals surface area contributed by atoms with E-state index >= 15 is 0 Å². The quantitative estimate of drug-likeness (QED) is 0.931. The zero-order chi connectivity index (χ0) is 14.0. The van der Waals surface area contributed by atoms with Gasteiger partial charge in [-0.2, -0.15) is 0 Å². The minimum atomic E-state index is -1.14. The predicted octanol–water partition coefficient (Wildman–Crippen LogP) is 3.26. The highest BCUT2D eigenvalue weighted by molar-refractivity contribution is 6.31. The molecule has 0 bridgehead atoms. The van der Waals surface area contributed by atoms with Crippen LogP contribution in [0.2, 0.25) is 5.02 Å². The summed E-state index contributed by atoms with van der Waals surface area (Å²) in [6.45, 7) is 1.96. The normalized spacial score (nSPS) is 10.5. The Morgan fingerprint density at radius 1 is 1.47 bits per heavy atom. The van der Waals surface area contributed by atoms with Crippen molar-refractivity contribution in [1.29, 1.82) is 0 Å². The van der Waals surface area contributed by atoms with Crippen LogP contribution in [0, 0.1) is 0 Å². The molecule has 2 rings (SSSR count). The van der Waals surface area contributed by atoms with Crippen LogP contribution >= 0.6 is 11.6 Å². The van der Waals surface area contributed by atoms with Gasteiger partial charge in [-0.15, -0.1) is 0 Å². The number of benzene rings is 1. The molecule has 0 aliphatic heterocycles. The smallest absolute Gasteiger partial charge is 0.358 e. The molecule has 1 aromatic heterocycles. The van der Waals surface area contributed by atoms with Gasteiger partial charge in [-0.05, 0) is 18.6 Å². The molecule has 5 nitrogen and oxygen atoms in total. The molecule has 0 fully saturated rings. The van der Waals surface area contributed by atoms with Gasteiger partial charge in [0.2, 0.25) is 0 Å². The summed E-state index contributed by atoms with van der Waals surface area (Å²) >= 11 is 6.02. The average Bonchev–Trinajstić information content (AvgIpc) is 2.87. The molecule has 0 unspecified atom stereocenters. The second-order valence-electron chi connectivity index (χ2n) is 3.87. The molecule has 0 atom stereocenters. The van der Waals surface area contributed by atoms with E-state index in [4.69, 9.17) is 26.0 Å². The number of aromatic carboxylic acids is 1. The van der Waals surface area contributed by atoms with Crippen molar-refractivity contribution < 1.29 is 19.2 Å². The first-order valence-corrected chi connectivity index (χ1v) is 6.01. The molecule has 1 heterocycles. The first-order chi connectivity index (χ1) is 9.06. The summed E-state index contributed by atoms with van der Waals surface area (Å²) in [5.74, 6) is -0.143. The third kappa shape index (κ3) is 2.56. The summed E-state index contributed by atoms with van der Waals surface area (Å²) in [6.07, 6.45) is 0.693. The maximum atomic E-state index is 10.8. The zero-order valence-electron chi connectivity index (χ0n) is 10.4. The highest BCUT2D eigenvalue weighted by atomic mass is 35.5. The third-order valence-corrected chi connectivity index (χ3v) is 2.96. The van der Waals surface area contributed by atoms with E-state index in [9.17, 15) is 4.79 Å². The Morgan fingerprint density at radius 2 is 2.21 bits per heavy atom. The summed E-state index contributed by atoms with van der Waals surface area (Å²) < 4.78 is 10.3. The van der Waals surface area contributed by atoms with Crippen molar-refractivity contribution >= 4 is 17.6 Å². The summed E-state index contributed by atoms with van der Waals surface area (Å²) in [5.41, 5.74) is 1.43. The number of carboxylic acid groups (broad SMARTS) is 1. The maximum absolute atomic E-state index is 10.8. The number of methoxy groups -OCH3 is 1. The van der Waals surface area contributed by atoms with Gasteiger partial charge in [0, 0.05) is 22.2 Å². The van der Waals surface area contributed by atoms with Crippen LogP contribution in [0.25, 0.3) is 11.3 Å². The van der Waals surface area contributed by atoms with Gasteiger partial charge in [-0.25, -0.2) is 4.79 Å². The monoisotopic (exact) mass is 281 g/mol. The Kier molecular flexibility index (Phi) is 3.76. The highest BCUT2D eigenvalue weighted by Gasteiger charge is 2.17. The molecule has 6 heteroatoms. The number of carboxylic acids is 1. The van der Waals surface area contributed by atoms with Gasteiger partial charge in [0.05, 0.1) is 7.11 Å². The lowest BCUT2D eigenvalue weighted by Crippen LogP contribution is -1.95. The van der Waals surface area contributed by atoms with Gasteiger partial charge in [0.1, 0.15) is 5.75 Å². The Balaban J connectivity index is 2.59. The number of carbonyl (C=O) groups is 1. The van der Waals surface area contributed by atoms with E-state index in [2.05, 4.69) is 5.16 Å². The minimum absolute atomic E-state index is 0.143. The average molecular weight is 282 g/mol. The largest absolute Gasteiger partial charge is 0.496 e. The van der Waals surface area contributed by atoms with Crippen molar-refractivity contribution in [1.82, 2.24) is 5.16 Å². The van der Waals surface area contributed by atoms with Crippen LogP contribution in [-0.2, 0) is 6.42 Å². The van der Waals surface area contributed by atoms with Crippen molar-refractivity contribution in [2.24, 2.45) is 0 Å². The number of hydrogen-bond donors (Lipinski definition) is 1. The van der Waals surface area contributed by atoms with Crippen LogP contribution in [0.1, 0.15) is 23.0 Å². The van der Waals surface area contributed by atoms with Crippen LogP contribution in [0.3, 0.4) is 0 Å². The predicted molar refractivity (Wildman–Crippen MR) is 69.8 cm³/mol. The lowest BCUT2D eigenvalue weighted by atomic mass is 10.0. The van der Waals surface area contributed by atoms with E-state index in [0.717, 1.165) is 5.56 Å². The van der Waals surface area contributed by atoms with Crippen LogP contribution < -0.4 is 4.74 Å². The van der Waals surface area contributed by atoms with Crippen molar-refractivity contribution in [2.45, 2.75) is 13.3 Å². The van der Waals surface area contributed by atoms with Gasteiger partial charge in [0.25, 0.3) is 0 Å². The van der Waals surface area contributed by atoms with Gasteiger partial charge in [-0.1, -0.05) is 23.7 Å². The van der Waals surface area contributed by atoms with Crippen molar-refractivity contribution in [3.05, 3.63) is 34.5 Å². The number of hydrogen-bond acceptors (Lipinski definition) is 4. The van der Waals surface area contributed by atoms with E-state index < -0.39 is 5.97 Å². The topological polar surface area (TPSA) is 72.6 Å². The van der Waals surface area contributed by atoms with E-state index in [1.807, 2.05) is 6.92 Å². The Bertz CT molecular complexity index is 621. The fourth-order valence-electron chi connectivity index (χ4n) is 1.88. The van der Waals surface area contributed by atoms with Gasteiger partial charge < -0.3 is 14.4 Å². The van der Waals surface area contributed by atoms with Crippen LogP contribution in [-0.4, -0.2) is 23.3 Å². The van der Waals surface area contributed by atoms with Gasteiger partial charge in [-0.3, -0.25) is 0 Å². The number of aromatic nitrogens is 1. The molecule has 19 heavy (non-hydrogen) atoms. The molecule has 0 amide bonds. The van der Waals surface area contributed by atoms with E-state index in [1.165, 1.54) is 6.07 Å². The molecule has 0 spiro atoms. The lowest BCUT2D eigenvalue weighted by molar-refractivity contribution is 0.0686. The Morgan fingerprint density at radius 3 is 2.74 bits per heavy atom. The Hall–Kier alpha value is -2.01. The summed E-state index contributed by atoms with van der Waals surface area (Å²) in [7, 11) is 1.55. The molecule has 0 saturated carbocycles. The second kappa shape index (κ2) is 5.32. The first kappa shape index (κ1) is 13.4. The third-order valence-electron chi connectivity index (χ3n) is 2.74. The standard InChI is InChI=1S/C13H12ClNO4/c1-3-8-9(4-7(14)5-11(8)18-2)12-6-10(13(16)17)15-19-12/h4-6H,3H2,1-2H3,(H,16,17). The molecule has 1 aromatic carbocycles. The summed E-state index contributed by atoms with van der Waals surface area (Å²) in [6, 6.07) is 4.78. The van der Waals surface area contributed by atoms with E-state index in [-0.39, 0.29) is 5.69 Å². The molecule has 1 N–H and O–H groups in total. The van der Waals surface area contributed by atoms with Crippen LogP contribution in [0.15, 0.2) is 22.7 Å². The lowest BCUT2D eigenvalue weighted by Gasteiger charge is -2.11. The number of halogens is 1. The molecule has 0 radical (unpaired) electrons. The number of rotatable bonds is 4. The van der Waals surface area contributed by atoms with Crippen LogP contribution in [0.5, 0.6) is 5.75 Å². The zero-order valence-corrected chi connectivity index (χ0v) is 11.2. The van der Waals surface area contributed by atoms with Crippen LogP contribution in [0.4, 0.5) is 0 Å². The number of nitrogens with zero attached hydrogens (tertiary/aromatic N) is 1. The SMILES string of the molecule is CCc1c(OC)cc(Cl)cc1-c1cc(C(=O)O)no1. The highest BCUT2D eigenvalue weighted by Crippen LogP contribution is 2.34. The fraction of sp³-hybridized carbons (Fsp3) is 0.231. The number of ether oxygens (including phenoxy) is 1. The molecular weight excluding hydrogens is 270 g/mol. The summed E-state index contributed by atoms with van der Waals surface area (Å²) in [4.78, 5) is 10.8. The Labute approximate surface area is 114 Å². The van der Waals surface area contributed by atoms with E-state index in [0.29, 0.717) is 28.5 Å². The first-order valence-electron chi connectivity index (χ1n) is 5.63. The molecule has 2 aromatic rings. The second-order valence-corrected chi connectivity index (χ2v) is 4.31. The molecule has 0 aliphatic rings. The fourth-order valence-corrected chi connectivity index (χ4v) is 2.09.